The van der Waals surface area contributed by atoms with Gasteiger partial charge in [0.1, 0.15) is 3.92 Å². The molecule has 0 heterocycles. The number of carbonyl (C=O) groups excluding carboxylic acids is 1. The first-order valence-corrected chi connectivity index (χ1v) is 10.3. The van der Waals surface area contributed by atoms with Crippen LogP contribution in [0.3, 0.4) is 0 Å². The number of allylic oxidation sites excluding steroid dienone is 2. The number of hydrogen-bond acceptors (Lipinski definition) is 2. The first-order chi connectivity index (χ1) is 10.7. The van der Waals surface area contributed by atoms with Crippen molar-refractivity contribution in [3.05, 3.63) is 12.2 Å². The van der Waals surface area contributed by atoms with Crippen LogP contribution < -0.4 is 0 Å². The van der Waals surface area contributed by atoms with Gasteiger partial charge in [0.2, 0.25) is 0 Å². The van der Waals surface area contributed by atoms with Crippen molar-refractivity contribution < 1.29 is 9.53 Å². The number of rotatable bonds is 15. The zero-order chi connectivity index (χ0) is 16.5. The zero-order valence-corrected chi connectivity index (χ0v) is 16.8. The largest absolute Gasteiger partial charge is 0.468 e. The minimum Gasteiger partial charge on any atom is -0.468 e. The molecule has 3 heteroatoms. The molecule has 22 heavy (non-hydrogen) atoms. The van der Waals surface area contributed by atoms with E-state index >= 15 is 0 Å². The smallest absolute Gasteiger partial charge is 0.318 e. The number of ether oxygens (including phenoxy) is 1. The summed E-state index contributed by atoms with van der Waals surface area (Å²) in [5, 5.41) is 0. The number of methoxy groups -OCH3 is 1. The topological polar surface area (TPSA) is 26.3 Å². The summed E-state index contributed by atoms with van der Waals surface area (Å²) in [5.74, 6) is -0.0979. The third-order valence-electron chi connectivity index (χ3n) is 3.93. The normalized spacial score (nSPS) is 12.7. The SMILES string of the molecule is CCCCCCCCCCC/C=C\CCCC(I)C(=O)OC. The Morgan fingerprint density at radius 1 is 0.909 bits per heavy atom. The van der Waals surface area contributed by atoms with Gasteiger partial charge in [-0.1, -0.05) is 93.0 Å². The van der Waals surface area contributed by atoms with Crippen LogP contribution in [0.4, 0.5) is 0 Å². The Labute approximate surface area is 151 Å². The number of unbranched alkanes of at least 4 members (excludes halogenated alkanes) is 10. The first kappa shape index (κ1) is 21.9. The molecule has 0 spiro atoms. The van der Waals surface area contributed by atoms with Gasteiger partial charge in [0.15, 0.2) is 0 Å². The maximum absolute atomic E-state index is 11.2. The fourth-order valence-electron chi connectivity index (χ4n) is 2.47. The molecule has 0 saturated heterocycles. The van der Waals surface area contributed by atoms with E-state index in [-0.39, 0.29) is 9.89 Å². The molecule has 130 valence electrons. The van der Waals surface area contributed by atoms with Gasteiger partial charge in [0, 0.05) is 0 Å². The molecular weight excluding hydrogens is 387 g/mol. The van der Waals surface area contributed by atoms with Crippen LogP contribution in [0.1, 0.15) is 90.4 Å². The highest BCUT2D eigenvalue weighted by atomic mass is 127. The molecule has 2 nitrogen and oxygen atoms in total. The lowest BCUT2D eigenvalue weighted by atomic mass is 10.1. The van der Waals surface area contributed by atoms with Gasteiger partial charge in [0.05, 0.1) is 7.11 Å². The van der Waals surface area contributed by atoms with Crippen LogP contribution in [-0.4, -0.2) is 17.0 Å². The second-order valence-electron chi connectivity index (χ2n) is 6.01. The van der Waals surface area contributed by atoms with Crippen molar-refractivity contribution in [2.45, 2.75) is 94.3 Å². The van der Waals surface area contributed by atoms with Crippen molar-refractivity contribution in [3.8, 4) is 0 Å². The molecule has 1 unspecified atom stereocenters. The lowest BCUT2D eigenvalue weighted by Gasteiger charge is -2.05. The van der Waals surface area contributed by atoms with Gasteiger partial charge in [-0.2, -0.15) is 0 Å². The summed E-state index contributed by atoms with van der Waals surface area (Å²) < 4.78 is 4.72. The zero-order valence-electron chi connectivity index (χ0n) is 14.6. The monoisotopic (exact) mass is 422 g/mol. The Morgan fingerprint density at radius 3 is 1.95 bits per heavy atom. The number of hydrogen-bond donors (Lipinski definition) is 0. The summed E-state index contributed by atoms with van der Waals surface area (Å²) in [5.41, 5.74) is 0. The molecule has 0 aliphatic rings. The van der Waals surface area contributed by atoms with Crippen molar-refractivity contribution in [2.75, 3.05) is 7.11 Å². The summed E-state index contributed by atoms with van der Waals surface area (Å²) in [4.78, 5) is 11.2. The Kier molecular flexibility index (Phi) is 17.2. The van der Waals surface area contributed by atoms with Gasteiger partial charge in [-0.3, -0.25) is 4.79 Å². The van der Waals surface area contributed by atoms with Crippen molar-refractivity contribution >= 4 is 28.6 Å². The van der Waals surface area contributed by atoms with E-state index in [4.69, 9.17) is 4.74 Å². The van der Waals surface area contributed by atoms with Crippen LogP contribution >= 0.6 is 22.6 Å². The van der Waals surface area contributed by atoms with Gasteiger partial charge < -0.3 is 4.74 Å². The van der Waals surface area contributed by atoms with E-state index in [1.165, 1.54) is 71.3 Å². The third kappa shape index (κ3) is 14.9. The average Bonchev–Trinajstić information content (AvgIpc) is 2.54. The summed E-state index contributed by atoms with van der Waals surface area (Å²) in [6.07, 6.45) is 21.4. The van der Waals surface area contributed by atoms with Crippen molar-refractivity contribution in [2.24, 2.45) is 0 Å². The Morgan fingerprint density at radius 2 is 1.41 bits per heavy atom. The van der Waals surface area contributed by atoms with Gasteiger partial charge in [-0.05, 0) is 32.1 Å². The van der Waals surface area contributed by atoms with Gasteiger partial charge in [-0.25, -0.2) is 0 Å². The molecule has 0 rings (SSSR count). The summed E-state index contributed by atoms with van der Waals surface area (Å²) in [6, 6.07) is 0. The van der Waals surface area contributed by atoms with Crippen LogP contribution in [0.2, 0.25) is 0 Å². The Hall–Kier alpha value is -0.0600. The number of carbonyl (C=O) groups is 1. The van der Waals surface area contributed by atoms with Crippen molar-refractivity contribution in [1.29, 1.82) is 0 Å². The fraction of sp³-hybridized carbons (Fsp3) is 0.842. The number of halogens is 1. The van der Waals surface area contributed by atoms with E-state index in [0.29, 0.717) is 0 Å². The molecule has 0 aromatic heterocycles. The highest BCUT2D eigenvalue weighted by molar-refractivity contribution is 14.1. The third-order valence-corrected chi connectivity index (χ3v) is 5.06. The van der Waals surface area contributed by atoms with E-state index in [2.05, 4.69) is 41.7 Å². The van der Waals surface area contributed by atoms with E-state index in [9.17, 15) is 4.79 Å². The summed E-state index contributed by atoms with van der Waals surface area (Å²) in [7, 11) is 1.46. The van der Waals surface area contributed by atoms with Gasteiger partial charge >= 0.3 is 5.97 Å². The van der Waals surface area contributed by atoms with E-state index < -0.39 is 0 Å². The fourth-order valence-corrected chi connectivity index (χ4v) is 3.16. The molecule has 0 fully saturated rings. The molecule has 0 radical (unpaired) electrons. The lowest BCUT2D eigenvalue weighted by Crippen LogP contribution is -2.14. The maximum atomic E-state index is 11.2. The number of alkyl halides is 1. The highest BCUT2D eigenvalue weighted by Crippen LogP contribution is 2.13. The molecule has 0 aliphatic carbocycles. The van der Waals surface area contributed by atoms with Crippen LogP contribution in [-0.2, 0) is 9.53 Å². The molecule has 0 amide bonds. The quantitative estimate of drug-likeness (QED) is 0.0976. The lowest BCUT2D eigenvalue weighted by molar-refractivity contribution is -0.139. The average molecular weight is 422 g/mol. The Bertz CT molecular complexity index is 277. The molecule has 0 aliphatic heterocycles. The molecular formula is C19H35IO2. The van der Waals surface area contributed by atoms with E-state index in [0.717, 1.165) is 19.3 Å². The molecule has 1 atom stereocenters. The second kappa shape index (κ2) is 17.3. The summed E-state index contributed by atoms with van der Waals surface area (Å²) in [6.45, 7) is 2.27. The van der Waals surface area contributed by atoms with E-state index in [1.54, 1.807) is 0 Å². The Balaban J connectivity index is 3.23. The van der Waals surface area contributed by atoms with E-state index in [1.807, 2.05) is 0 Å². The first-order valence-electron chi connectivity index (χ1n) is 9.09. The maximum Gasteiger partial charge on any atom is 0.318 e. The van der Waals surface area contributed by atoms with Gasteiger partial charge in [-0.15, -0.1) is 0 Å². The minimum atomic E-state index is -0.0979. The number of esters is 1. The second-order valence-corrected chi connectivity index (χ2v) is 7.51. The molecule has 0 aromatic rings. The van der Waals surface area contributed by atoms with Crippen molar-refractivity contribution in [3.63, 3.8) is 0 Å². The van der Waals surface area contributed by atoms with Crippen LogP contribution in [0.15, 0.2) is 12.2 Å². The molecule has 0 bridgehead atoms. The minimum absolute atomic E-state index is 0.00771. The molecule has 0 N–H and O–H groups in total. The summed E-state index contributed by atoms with van der Waals surface area (Å²) >= 11 is 2.17. The van der Waals surface area contributed by atoms with Crippen LogP contribution in [0.5, 0.6) is 0 Å². The van der Waals surface area contributed by atoms with Crippen LogP contribution in [0, 0.1) is 0 Å². The van der Waals surface area contributed by atoms with Gasteiger partial charge in [0.25, 0.3) is 0 Å². The standard InChI is InChI=1S/C19H35IO2/c1-3-4-5-6-7-8-9-10-11-12-13-14-15-16-17-18(20)19(21)22-2/h13-14,18H,3-12,15-17H2,1-2H3/b14-13-. The molecule has 0 aromatic carbocycles. The highest BCUT2D eigenvalue weighted by Gasteiger charge is 2.13. The van der Waals surface area contributed by atoms with Crippen LogP contribution in [0.25, 0.3) is 0 Å². The van der Waals surface area contributed by atoms with Crippen molar-refractivity contribution in [1.82, 2.24) is 0 Å². The predicted molar refractivity (Wildman–Crippen MR) is 105 cm³/mol. The predicted octanol–water partition coefficient (Wildman–Crippen LogP) is 6.61. The molecule has 0 saturated carbocycles.